The number of rotatable bonds is 3. The summed E-state index contributed by atoms with van der Waals surface area (Å²) in [6.07, 6.45) is 0. The standard InChI is InChI=1S/C14H17BrClN3/c1-8-5-9(2)13(12(15)6-8)17-7-11-10(3)18-19(4)14(11)16/h5-6,17H,7H2,1-4H3. The van der Waals surface area contributed by atoms with E-state index in [0.717, 1.165) is 21.4 Å². The van der Waals surface area contributed by atoms with E-state index in [1.807, 2.05) is 14.0 Å². The van der Waals surface area contributed by atoms with Crippen LogP contribution in [0.1, 0.15) is 22.4 Å². The van der Waals surface area contributed by atoms with Crippen molar-refractivity contribution in [3.8, 4) is 0 Å². The summed E-state index contributed by atoms with van der Waals surface area (Å²) in [5.41, 5.74) is 5.55. The van der Waals surface area contributed by atoms with E-state index in [4.69, 9.17) is 11.6 Å². The molecule has 0 amide bonds. The van der Waals surface area contributed by atoms with Gasteiger partial charge in [0.25, 0.3) is 0 Å². The molecule has 0 saturated carbocycles. The van der Waals surface area contributed by atoms with Crippen LogP contribution in [0, 0.1) is 20.8 Å². The highest BCUT2D eigenvalue weighted by Crippen LogP contribution is 2.29. The van der Waals surface area contributed by atoms with Gasteiger partial charge in [-0.1, -0.05) is 17.7 Å². The first-order valence-electron chi connectivity index (χ1n) is 6.08. The fourth-order valence-corrected chi connectivity index (χ4v) is 3.25. The summed E-state index contributed by atoms with van der Waals surface area (Å²) in [6, 6.07) is 4.26. The molecule has 0 aliphatic heterocycles. The Kier molecular flexibility index (Phi) is 4.21. The lowest BCUT2D eigenvalue weighted by atomic mass is 10.1. The first-order chi connectivity index (χ1) is 8.90. The van der Waals surface area contributed by atoms with Crippen molar-refractivity contribution >= 4 is 33.2 Å². The normalized spacial score (nSPS) is 10.8. The minimum atomic E-state index is 0.668. The zero-order chi connectivity index (χ0) is 14.2. The molecular formula is C14H17BrClN3. The zero-order valence-electron chi connectivity index (χ0n) is 11.5. The minimum Gasteiger partial charge on any atom is -0.380 e. The molecule has 0 bridgehead atoms. The summed E-state index contributed by atoms with van der Waals surface area (Å²) >= 11 is 9.83. The van der Waals surface area contributed by atoms with Crippen LogP contribution in [0.15, 0.2) is 16.6 Å². The van der Waals surface area contributed by atoms with Gasteiger partial charge in [0.15, 0.2) is 0 Å². The molecule has 0 radical (unpaired) electrons. The summed E-state index contributed by atoms with van der Waals surface area (Å²) in [4.78, 5) is 0. The number of nitrogens with zero attached hydrogens (tertiary/aromatic N) is 2. The molecule has 1 N–H and O–H groups in total. The van der Waals surface area contributed by atoms with Crippen molar-refractivity contribution in [1.29, 1.82) is 0 Å². The Morgan fingerprint density at radius 3 is 2.53 bits per heavy atom. The first kappa shape index (κ1) is 14.4. The lowest BCUT2D eigenvalue weighted by Crippen LogP contribution is -2.03. The quantitative estimate of drug-likeness (QED) is 0.897. The van der Waals surface area contributed by atoms with Crippen LogP contribution in [-0.2, 0) is 13.6 Å². The molecule has 0 unspecified atom stereocenters. The molecule has 0 atom stereocenters. The van der Waals surface area contributed by atoms with E-state index >= 15 is 0 Å². The maximum absolute atomic E-state index is 6.23. The van der Waals surface area contributed by atoms with Crippen molar-refractivity contribution in [3.05, 3.63) is 44.1 Å². The van der Waals surface area contributed by atoms with Gasteiger partial charge in [0, 0.05) is 23.6 Å². The zero-order valence-corrected chi connectivity index (χ0v) is 13.9. The van der Waals surface area contributed by atoms with Gasteiger partial charge in [0.05, 0.1) is 11.4 Å². The maximum atomic E-state index is 6.23. The molecule has 2 rings (SSSR count). The Morgan fingerprint density at radius 1 is 1.32 bits per heavy atom. The third-order valence-electron chi connectivity index (χ3n) is 3.14. The second-order valence-electron chi connectivity index (χ2n) is 4.77. The van der Waals surface area contributed by atoms with Crippen molar-refractivity contribution in [2.45, 2.75) is 27.3 Å². The average Bonchev–Trinajstić information content (AvgIpc) is 2.53. The van der Waals surface area contributed by atoms with Crippen LogP contribution in [0.3, 0.4) is 0 Å². The molecule has 0 aliphatic rings. The van der Waals surface area contributed by atoms with Crippen molar-refractivity contribution in [2.24, 2.45) is 7.05 Å². The van der Waals surface area contributed by atoms with E-state index in [2.05, 4.69) is 52.3 Å². The molecule has 0 saturated heterocycles. The van der Waals surface area contributed by atoms with E-state index in [0.29, 0.717) is 11.7 Å². The second kappa shape index (κ2) is 5.55. The summed E-state index contributed by atoms with van der Waals surface area (Å²) in [6.45, 7) is 6.82. The van der Waals surface area contributed by atoms with Gasteiger partial charge in [-0.3, -0.25) is 4.68 Å². The molecule has 0 aliphatic carbocycles. The summed E-state index contributed by atoms with van der Waals surface area (Å²) < 4.78 is 2.77. The number of hydrogen-bond donors (Lipinski definition) is 1. The van der Waals surface area contributed by atoms with Gasteiger partial charge < -0.3 is 5.32 Å². The molecule has 1 heterocycles. The molecule has 1 aromatic carbocycles. The monoisotopic (exact) mass is 341 g/mol. The van der Waals surface area contributed by atoms with Crippen molar-refractivity contribution < 1.29 is 0 Å². The smallest absolute Gasteiger partial charge is 0.131 e. The maximum Gasteiger partial charge on any atom is 0.131 e. The summed E-state index contributed by atoms with van der Waals surface area (Å²) in [7, 11) is 1.85. The summed E-state index contributed by atoms with van der Waals surface area (Å²) in [5, 5.41) is 8.44. The van der Waals surface area contributed by atoms with Crippen molar-refractivity contribution in [1.82, 2.24) is 9.78 Å². The number of halogens is 2. The predicted octanol–water partition coefficient (Wildman–Crippen LogP) is 4.37. The van der Waals surface area contributed by atoms with Crippen molar-refractivity contribution in [2.75, 3.05) is 5.32 Å². The van der Waals surface area contributed by atoms with Gasteiger partial charge in [0.1, 0.15) is 5.15 Å². The van der Waals surface area contributed by atoms with E-state index in [-0.39, 0.29) is 0 Å². The highest BCUT2D eigenvalue weighted by molar-refractivity contribution is 9.10. The molecule has 3 nitrogen and oxygen atoms in total. The first-order valence-corrected chi connectivity index (χ1v) is 7.26. The number of hydrogen-bond acceptors (Lipinski definition) is 2. The molecular weight excluding hydrogens is 326 g/mol. The van der Waals surface area contributed by atoms with Crippen LogP contribution in [0.2, 0.25) is 5.15 Å². The molecule has 19 heavy (non-hydrogen) atoms. The van der Waals surface area contributed by atoms with E-state index < -0.39 is 0 Å². The Hall–Kier alpha value is -1.000. The Morgan fingerprint density at radius 2 is 2.00 bits per heavy atom. The molecule has 1 aromatic heterocycles. The Labute approximate surface area is 127 Å². The SMILES string of the molecule is Cc1cc(C)c(NCc2c(C)nn(C)c2Cl)c(Br)c1. The number of aromatic nitrogens is 2. The van der Waals surface area contributed by atoms with Crippen LogP contribution in [0.5, 0.6) is 0 Å². The van der Waals surface area contributed by atoms with Crippen LogP contribution in [0.25, 0.3) is 0 Å². The average molecular weight is 343 g/mol. The lowest BCUT2D eigenvalue weighted by Gasteiger charge is -2.13. The van der Waals surface area contributed by atoms with E-state index in [1.54, 1.807) is 4.68 Å². The van der Waals surface area contributed by atoms with Crippen LogP contribution >= 0.6 is 27.5 Å². The molecule has 2 aromatic rings. The van der Waals surface area contributed by atoms with E-state index in [9.17, 15) is 0 Å². The third-order valence-corrected chi connectivity index (χ3v) is 4.24. The highest BCUT2D eigenvalue weighted by Gasteiger charge is 2.12. The Bertz CT molecular complexity index is 596. The van der Waals surface area contributed by atoms with Gasteiger partial charge >= 0.3 is 0 Å². The van der Waals surface area contributed by atoms with Crippen LogP contribution in [-0.4, -0.2) is 9.78 Å². The van der Waals surface area contributed by atoms with Gasteiger partial charge in [0.2, 0.25) is 0 Å². The second-order valence-corrected chi connectivity index (χ2v) is 5.98. The van der Waals surface area contributed by atoms with Gasteiger partial charge in [-0.05, 0) is 53.9 Å². The third kappa shape index (κ3) is 2.95. The summed E-state index contributed by atoms with van der Waals surface area (Å²) in [5.74, 6) is 0. The van der Waals surface area contributed by atoms with Crippen molar-refractivity contribution in [3.63, 3.8) is 0 Å². The topological polar surface area (TPSA) is 29.9 Å². The Balaban J connectivity index is 2.24. The van der Waals surface area contributed by atoms with Crippen LogP contribution < -0.4 is 5.32 Å². The van der Waals surface area contributed by atoms with Gasteiger partial charge in [-0.15, -0.1) is 0 Å². The minimum absolute atomic E-state index is 0.668. The molecule has 0 fully saturated rings. The fourth-order valence-electron chi connectivity index (χ4n) is 2.19. The number of aryl methyl sites for hydroxylation is 4. The number of benzene rings is 1. The lowest BCUT2D eigenvalue weighted by molar-refractivity contribution is 0.757. The largest absolute Gasteiger partial charge is 0.380 e. The van der Waals surface area contributed by atoms with E-state index in [1.165, 1.54) is 11.1 Å². The molecule has 0 spiro atoms. The predicted molar refractivity (Wildman–Crippen MR) is 83.9 cm³/mol. The van der Waals surface area contributed by atoms with Crippen LogP contribution in [0.4, 0.5) is 5.69 Å². The highest BCUT2D eigenvalue weighted by atomic mass is 79.9. The number of anilines is 1. The molecule has 5 heteroatoms. The van der Waals surface area contributed by atoms with Gasteiger partial charge in [-0.25, -0.2) is 0 Å². The fraction of sp³-hybridized carbons (Fsp3) is 0.357. The molecule has 102 valence electrons. The number of nitrogens with one attached hydrogen (secondary N) is 1. The van der Waals surface area contributed by atoms with Gasteiger partial charge in [-0.2, -0.15) is 5.10 Å².